The second-order valence-electron chi connectivity index (χ2n) is 6.26. The summed E-state index contributed by atoms with van der Waals surface area (Å²) in [6, 6.07) is 0. The number of hydrogen-bond acceptors (Lipinski definition) is 2. The van der Waals surface area contributed by atoms with Gasteiger partial charge in [-0.2, -0.15) is 0 Å². The molecule has 0 aromatic carbocycles. The van der Waals surface area contributed by atoms with Gasteiger partial charge >= 0.3 is 0 Å². The Morgan fingerprint density at radius 3 is 2.56 bits per heavy atom. The van der Waals surface area contributed by atoms with Gasteiger partial charge < -0.3 is 10.2 Å². The largest absolute Gasteiger partial charge is 0.317 e. The lowest BCUT2D eigenvalue weighted by atomic mass is 9.95. The Hall–Kier alpha value is -0.0800. The van der Waals surface area contributed by atoms with E-state index in [0.29, 0.717) is 0 Å². The molecule has 0 spiro atoms. The Morgan fingerprint density at radius 2 is 1.89 bits per heavy atom. The zero-order valence-electron chi connectivity index (χ0n) is 12.9. The molecule has 0 radical (unpaired) electrons. The van der Waals surface area contributed by atoms with Gasteiger partial charge in [-0.05, 0) is 63.7 Å². The van der Waals surface area contributed by atoms with Crippen LogP contribution in [0.3, 0.4) is 0 Å². The second kappa shape index (κ2) is 9.80. The Morgan fingerprint density at radius 1 is 1.11 bits per heavy atom. The second-order valence-corrected chi connectivity index (χ2v) is 6.26. The summed E-state index contributed by atoms with van der Waals surface area (Å²) >= 11 is 0. The van der Waals surface area contributed by atoms with Crippen LogP contribution in [-0.4, -0.2) is 37.6 Å². The average Bonchev–Trinajstić information content (AvgIpc) is 2.81. The third-order valence-electron chi connectivity index (χ3n) is 4.26. The number of hydrogen-bond donors (Lipinski definition) is 1. The lowest BCUT2D eigenvalue weighted by Gasteiger charge is -2.17. The Kier molecular flexibility index (Phi) is 8.70. The predicted octanol–water partition coefficient (Wildman–Crippen LogP) is 3.52. The zero-order valence-corrected chi connectivity index (χ0v) is 12.9. The average molecular weight is 254 g/mol. The fraction of sp³-hybridized carbons (Fsp3) is 1.00. The summed E-state index contributed by atoms with van der Waals surface area (Å²) in [6.45, 7) is 13.4. The molecule has 1 saturated heterocycles. The Bertz CT molecular complexity index is 192. The fourth-order valence-corrected chi connectivity index (χ4v) is 2.85. The highest BCUT2D eigenvalue weighted by molar-refractivity contribution is 4.77. The van der Waals surface area contributed by atoms with E-state index in [2.05, 4.69) is 31.0 Å². The molecule has 0 saturated carbocycles. The molecule has 0 aliphatic carbocycles. The summed E-state index contributed by atoms with van der Waals surface area (Å²) in [6.07, 6.45) is 8.26. The van der Waals surface area contributed by atoms with Crippen LogP contribution in [0.15, 0.2) is 0 Å². The number of likely N-dealkylation sites (tertiary alicyclic amines) is 1. The summed E-state index contributed by atoms with van der Waals surface area (Å²) < 4.78 is 0. The van der Waals surface area contributed by atoms with Gasteiger partial charge in [0, 0.05) is 6.54 Å². The number of nitrogens with zero attached hydrogens (tertiary/aromatic N) is 1. The van der Waals surface area contributed by atoms with Crippen molar-refractivity contribution in [1.29, 1.82) is 0 Å². The third-order valence-corrected chi connectivity index (χ3v) is 4.26. The van der Waals surface area contributed by atoms with Crippen molar-refractivity contribution in [1.82, 2.24) is 10.2 Å². The van der Waals surface area contributed by atoms with Crippen molar-refractivity contribution in [3.8, 4) is 0 Å². The van der Waals surface area contributed by atoms with E-state index in [0.717, 1.165) is 11.8 Å². The number of unbranched alkanes of at least 4 members (excludes halogenated alkanes) is 3. The molecule has 1 aliphatic heterocycles. The lowest BCUT2D eigenvalue weighted by Crippen LogP contribution is -2.23. The first-order valence-corrected chi connectivity index (χ1v) is 8.17. The maximum absolute atomic E-state index is 3.47. The monoisotopic (exact) mass is 254 g/mol. The number of rotatable bonds is 10. The van der Waals surface area contributed by atoms with Gasteiger partial charge in [0.15, 0.2) is 0 Å². The summed E-state index contributed by atoms with van der Waals surface area (Å²) in [4.78, 5) is 2.68. The van der Waals surface area contributed by atoms with Crippen molar-refractivity contribution in [2.24, 2.45) is 11.8 Å². The Labute approximate surface area is 115 Å². The third kappa shape index (κ3) is 6.75. The van der Waals surface area contributed by atoms with Gasteiger partial charge in [0.1, 0.15) is 0 Å². The van der Waals surface area contributed by atoms with E-state index in [4.69, 9.17) is 0 Å². The van der Waals surface area contributed by atoms with Gasteiger partial charge in [-0.3, -0.25) is 0 Å². The fourth-order valence-electron chi connectivity index (χ4n) is 2.85. The van der Waals surface area contributed by atoms with Gasteiger partial charge in [-0.15, -0.1) is 0 Å². The van der Waals surface area contributed by atoms with E-state index < -0.39 is 0 Å². The van der Waals surface area contributed by atoms with Crippen molar-refractivity contribution < 1.29 is 0 Å². The van der Waals surface area contributed by atoms with Crippen LogP contribution in [0.2, 0.25) is 0 Å². The maximum atomic E-state index is 3.47. The summed E-state index contributed by atoms with van der Waals surface area (Å²) in [7, 11) is 0. The predicted molar refractivity (Wildman–Crippen MR) is 81.0 cm³/mol. The van der Waals surface area contributed by atoms with Crippen LogP contribution in [0.4, 0.5) is 0 Å². The summed E-state index contributed by atoms with van der Waals surface area (Å²) in [5, 5.41) is 3.47. The molecule has 18 heavy (non-hydrogen) atoms. The summed E-state index contributed by atoms with van der Waals surface area (Å²) in [5.41, 5.74) is 0. The molecular formula is C16H34N2. The van der Waals surface area contributed by atoms with E-state index in [1.807, 2.05) is 0 Å². The van der Waals surface area contributed by atoms with Crippen molar-refractivity contribution in [2.75, 3.05) is 32.7 Å². The minimum Gasteiger partial charge on any atom is -0.317 e. The maximum Gasteiger partial charge on any atom is 0.00126 e. The molecule has 108 valence electrons. The van der Waals surface area contributed by atoms with Crippen molar-refractivity contribution in [2.45, 2.75) is 59.3 Å². The molecule has 1 aliphatic rings. The zero-order chi connectivity index (χ0) is 13.2. The Balaban J connectivity index is 1.87. The SMILES string of the molecule is CCCNCCCCCCN1CCC(C(C)C)C1. The van der Waals surface area contributed by atoms with E-state index in [1.54, 1.807) is 0 Å². The first kappa shape index (κ1) is 16.0. The molecular weight excluding hydrogens is 220 g/mol. The normalized spacial score (nSPS) is 21.0. The van der Waals surface area contributed by atoms with Crippen LogP contribution in [-0.2, 0) is 0 Å². The minimum atomic E-state index is 0.875. The van der Waals surface area contributed by atoms with E-state index >= 15 is 0 Å². The quantitative estimate of drug-likeness (QED) is 0.600. The van der Waals surface area contributed by atoms with Crippen LogP contribution in [0.1, 0.15) is 59.3 Å². The van der Waals surface area contributed by atoms with Crippen LogP contribution in [0, 0.1) is 11.8 Å². The van der Waals surface area contributed by atoms with Crippen LogP contribution in [0.5, 0.6) is 0 Å². The minimum absolute atomic E-state index is 0.875. The first-order valence-electron chi connectivity index (χ1n) is 8.17. The van der Waals surface area contributed by atoms with Gasteiger partial charge in [-0.1, -0.05) is 33.6 Å². The smallest absolute Gasteiger partial charge is 0.00126 e. The summed E-state index contributed by atoms with van der Waals surface area (Å²) in [5.74, 6) is 1.84. The van der Waals surface area contributed by atoms with Crippen LogP contribution < -0.4 is 5.32 Å². The molecule has 1 unspecified atom stereocenters. The van der Waals surface area contributed by atoms with Crippen LogP contribution >= 0.6 is 0 Å². The lowest BCUT2D eigenvalue weighted by molar-refractivity contribution is 0.296. The van der Waals surface area contributed by atoms with Crippen molar-refractivity contribution in [3.05, 3.63) is 0 Å². The van der Waals surface area contributed by atoms with E-state index in [1.165, 1.54) is 71.2 Å². The molecule has 0 bridgehead atoms. The molecule has 1 heterocycles. The van der Waals surface area contributed by atoms with Crippen LogP contribution in [0.25, 0.3) is 0 Å². The molecule has 1 N–H and O–H groups in total. The van der Waals surface area contributed by atoms with E-state index in [-0.39, 0.29) is 0 Å². The highest BCUT2D eigenvalue weighted by Gasteiger charge is 2.23. The van der Waals surface area contributed by atoms with Gasteiger partial charge in [0.05, 0.1) is 0 Å². The van der Waals surface area contributed by atoms with Gasteiger partial charge in [-0.25, -0.2) is 0 Å². The van der Waals surface area contributed by atoms with Gasteiger partial charge in [0.25, 0.3) is 0 Å². The standard InChI is InChI=1S/C16H34N2/c1-4-10-17-11-7-5-6-8-12-18-13-9-16(14-18)15(2)3/h15-17H,4-14H2,1-3H3. The topological polar surface area (TPSA) is 15.3 Å². The molecule has 0 aromatic heterocycles. The molecule has 0 aromatic rings. The molecule has 2 nitrogen and oxygen atoms in total. The van der Waals surface area contributed by atoms with Gasteiger partial charge in [0.2, 0.25) is 0 Å². The van der Waals surface area contributed by atoms with Crippen molar-refractivity contribution in [3.63, 3.8) is 0 Å². The van der Waals surface area contributed by atoms with Crippen molar-refractivity contribution >= 4 is 0 Å². The molecule has 0 amide bonds. The highest BCUT2D eigenvalue weighted by Crippen LogP contribution is 2.23. The molecule has 1 atom stereocenters. The molecule has 1 fully saturated rings. The molecule has 2 heteroatoms. The highest BCUT2D eigenvalue weighted by atomic mass is 15.1. The van der Waals surface area contributed by atoms with E-state index in [9.17, 15) is 0 Å². The first-order chi connectivity index (χ1) is 8.74. The number of nitrogens with one attached hydrogen (secondary N) is 1. The molecule has 1 rings (SSSR count).